The molecule has 4 heteroatoms. The van der Waals surface area contributed by atoms with Crippen molar-refractivity contribution >= 4 is 16.7 Å². The summed E-state index contributed by atoms with van der Waals surface area (Å²) in [6.07, 6.45) is 3.96. The Morgan fingerprint density at radius 3 is 2.76 bits per heavy atom. The predicted molar refractivity (Wildman–Crippen MR) is 83.7 cm³/mol. The van der Waals surface area contributed by atoms with Crippen LogP contribution < -0.4 is 10.9 Å². The van der Waals surface area contributed by atoms with E-state index in [4.69, 9.17) is 0 Å². The zero-order valence-corrected chi connectivity index (χ0v) is 12.3. The predicted octanol–water partition coefficient (Wildman–Crippen LogP) is 2.87. The number of hydrogen-bond donors (Lipinski definition) is 1. The van der Waals surface area contributed by atoms with Crippen LogP contribution in [0.15, 0.2) is 35.1 Å². The number of nitrogens with zero attached hydrogens (tertiary/aromatic N) is 1. The van der Waals surface area contributed by atoms with E-state index >= 15 is 0 Å². The summed E-state index contributed by atoms with van der Waals surface area (Å²) in [6.45, 7) is 2.64. The minimum Gasteiger partial charge on any atom is -0.351 e. The van der Waals surface area contributed by atoms with Gasteiger partial charge in [0.25, 0.3) is 11.5 Å². The molecule has 1 fully saturated rings. The Morgan fingerprint density at radius 1 is 1.33 bits per heavy atom. The number of nitrogens with one attached hydrogen (secondary N) is 1. The van der Waals surface area contributed by atoms with Crippen LogP contribution in [0.5, 0.6) is 0 Å². The topological polar surface area (TPSA) is 51.1 Å². The Hall–Kier alpha value is -2.10. The van der Waals surface area contributed by atoms with Crippen LogP contribution in [0, 0.1) is 0 Å². The molecule has 1 saturated carbocycles. The second-order valence-electron chi connectivity index (χ2n) is 5.63. The smallest absolute Gasteiger partial charge is 0.268 e. The number of amides is 1. The van der Waals surface area contributed by atoms with E-state index in [2.05, 4.69) is 5.32 Å². The number of rotatable bonds is 4. The lowest BCUT2D eigenvalue weighted by atomic mass is 9.92. The van der Waals surface area contributed by atoms with E-state index in [1.54, 1.807) is 4.57 Å². The highest BCUT2D eigenvalue weighted by Gasteiger charge is 2.26. The van der Waals surface area contributed by atoms with E-state index in [1.165, 1.54) is 0 Å². The van der Waals surface area contributed by atoms with E-state index in [1.807, 2.05) is 37.3 Å². The first-order valence-electron chi connectivity index (χ1n) is 7.65. The molecular weight excluding hydrogens is 264 g/mol. The van der Waals surface area contributed by atoms with Gasteiger partial charge < -0.3 is 9.88 Å². The van der Waals surface area contributed by atoms with Crippen LogP contribution >= 0.6 is 0 Å². The number of fused-ring (bicyclic) bond motifs is 1. The monoisotopic (exact) mass is 284 g/mol. The van der Waals surface area contributed by atoms with Crippen LogP contribution in [0.4, 0.5) is 0 Å². The van der Waals surface area contributed by atoms with E-state index in [-0.39, 0.29) is 17.5 Å². The van der Waals surface area contributed by atoms with Gasteiger partial charge in [-0.1, -0.05) is 25.1 Å². The summed E-state index contributed by atoms with van der Waals surface area (Å²) >= 11 is 0. The van der Waals surface area contributed by atoms with Crippen LogP contribution in [0.25, 0.3) is 10.8 Å². The fourth-order valence-corrected chi connectivity index (χ4v) is 2.79. The molecular formula is C17H20N2O2. The van der Waals surface area contributed by atoms with E-state index in [9.17, 15) is 9.59 Å². The van der Waals surface area contributed by atoms with Gasteiger partial charge in [-0.25, -0.2) is 0 Å². The van der Waals surface area contributed by atoms with Gasteiger partial charge in [0.2, 0.25) is 0 Å². The van der Waals surface area contributed by atoms with E-state index < -0.39 is 0 Å². The minimum absolute atomic E-state index is 0.0422. The Bertz CT molecular complexity index is 729. The molecule has 21 heavy (non-hydrogen) atoms. The summed E-state index contributed by atoms with van der Waals surface area (Å²) in [5.41, 5.74) is 0.455. The third kappa shape index (κ3) is 2.46. The lowest BCUT2D eigenvalue weighted by Gasteiger charge is -2.30. The summed E-state index contributed by atoms with van der Waals surface area (Å²) in [5.74, 6) is -0.147. The van der Waals surface area contributed by atoms with Gasteiger partial charge in [0.05, 0.1) is 0 Å². The molecule has 0 saturated heterocycles. The first kappa shape index (κ1) is 13.9. The van der Waals surface area contributed by atoms with Crippen molar-refractivity contribution in [2.24, 2.45) is 0 Å². The molecule has 1 aliphatic carbocycles. The van der Waals surface area contributed by atoms with Crippen LogP contribution in [-0.4, -0.2) is 17.0 Å². The van der Waals surface area contributed by atoms with Crippen LogP contribution in [0.3, 0.4) is 0 Å². The van der Waals surface area contributed by atoms with Crippen molar-refractivity contribution < 1.29 is 4.79 Å². The summed E-state index contributed by atoms with van der Waals surface area (Å²) in [5, 5.41) is 4.41. The molecule has 4 nitrogen and oxygen atoms in total. The molecule has 2 aromatic rings. The molecule has 1 amide bonds. The van der Waals surface area contributed by atoms with Crippen molar-refractivity contribution in [1.82, 2.24) is 9.88 Å². The van der Waals surface area contributed by atoms with Crippen molar-refractivity contribution in [1.29, 1.82) is 0 Å². The standard InChI is InChI=1S/C17H20N2O2/c1-2-10-18-16(20)15-11-12-6-3-4-9-14(12)17(21)19(15)13-7-5-8-13/h3-4,6,9,11,13H,2,5,7-8,10H2,1H3,(H,18,20). The van der Waals surface area contributed by atoms with Crippen molar-refractivity contribution in [3.8, 4) is 0 Å². The molecule has 0 unspecified atom stereocenters. The zero-order chi connectivity index (χ0) is 14.8. The van der Waals surface area contributed by atoms with Gasteiger partial charge in [-0.15, -0.1) is 0 Å². The minimum atomic E-state index is -0.147. The fourth-order valence-electron chi connectivity index (χ4n) is 2.79. The average molecular weight is 284 g/mol. The number of benzene rings is 1. The fraction of sp³-hybridized carbons (Fsp3) is 0.412. The van der Waals surface area contributed by atoms with Gasteiger partial charge in [-0.3, -0.25) is 9.59 Å². The lowest BCUT2D eigenvalue weighted by molar-refractivity contribution is 0.0936. The molecule has 110 valence electrons. The van der Waals surface area contributed by atoms with E-state index in [0.717, 1.165) is 31.1 Å². The number of hydrogen-bond acceptors (Lipinski definition) is 2. The molecule has 1 aliphatic rings. The maximum absolute atomic E-state index is 12.7. The molecule has 0 radical (unpaired) electrons. The molecule has 1 aromatic carbocycles. The van der Waals surface area contributed by atoms with Crippen molar-refractivity contribution in [2.45, 2.75) is 38.6 Å². The second kappa shape index (κ2) is 5.72. The van der Waals surface area contributed by atoms with Gasteiger partial charge in [-0.05, 0) is 43.2 Å². The molecule has 0 aliphatic heterocycles. The molecule has 1 N–H and O–H groups in total. The molecule has 0 spiro atoms. The van der Waals surface area contributed by atoms with Crippen LogP contribution in [0.1, 0.15) is 49.1 Å². The van der Waals surface area contributed by atoms with Crippen molar-refractivity contribution in [3.05, 3.63) is 46.4 Å². The number of aromatic nitrogens is 1. The largest absolute Gasteiger partial charge is 0.351 e. The third-order valence-electron chi connectivity index (χ3n) is 4.17. The first-order valence-corrected chi connectivity index (χ1v) is 7.65. The van der Waals surface area contributed by atoms with Gasteiger partial charge in [-0.2, -0.15) is 0 Å². The molecule has 3 rings (SSSR count). The lowest BCUT2D eigenvalue weighted by Crippen LogP contribution is -2.36. The Morgan fingerprint density at radius 2 is 2.10 bits per heavy atom. The summed E-state index contributed by atoms with van der Waals surface area (Å²) in [4.78, 5) is 25.1. The summed E-state index contributed by atoms with van der Waals surface area (Å²) in [6, 6.07) is 9.50. The molecule has 1 aromatic heterocycles. The SMILES string of the molecule is CCCNC(=O)c1cc2ccccc2c(=O)n1C1CCC1. The zero-order valence-electron chi connectivity index (χ0n) is 12.3. The normalized spacial score (nSPS) is 14.9. The van der Waals surface area contributed by atoms with Gasteiger partial charge in [0, 0.05) is 18.0 Å². The Kier molecular flexibility index (Phi) is 3.78. The Labute approximate surface area is 123 Å². The maximum atomic E-state index is 12.7. The molecule has 0 bridgehead atoms. The van der Waals surface area contributed by atoms with Crippen LogP contribution in [0.2, 0.25) is 0 Å². The number of carbonyl (C=O) groups excluding carboxylic acids is 1. The Balaban J connectivity index is 2.16. The van der Waals surface area contributed by atoms with Crippen molar-refractivity contribution in [3.63, 3.8) is 0 Å². The number of carbonyl (C=O) groups is 1. The highest BCUT2D eigenvalue weighted by Crippen LogP contribution is 2.32. The third-order valence-corrected chi connectivity index (χ3v) is 4.17. The number of pyridine rings is 1. The summed E-state index contributed by atoms with van der Waals surface area (Å²) < 4.78 is 1.71. The highest BCUT2D eigenvalue weighted by molar-refractivity contribution is 5.96. The van der Waals surface area contributed by atoms with Gasteiger partial charge in [0.1, 0.15) is 5.69 Å². The second-order valence-corrected chi connectivity index (χ2v) is 5.63. The van der Waals surface area contributed by atoms with E-state index in [0.29, 0.717) is 17.6 Å². The quantitative estimate of drug-likeness (QED) is 0.938. The first-order chi connectivity index (χ1) is 10.2. The molecule has 1 heterocycles. The highest BCUT2D eigenvalue weighted by atomic mass is 16.2. The van der Waals surface area contributed by atoms with Crippen molar-refractivity contribution in [2.75, 3.05) is 6.54 Å². The van der Waals surface area contributed by atoms with Gasteiger partial charge >= 0.3 is 0 Å². The maximum Gasteiger partial charge on any atom is 0.268 e. The van der Waals surface area contributed by atoms with Gasteiger partial charge in [0.15, 0.2) is 0 Å². The molecule has 0 atom stereocenters. The van der Waals surface area contributed by atoms with Crippen LogP contribution in [-0.2, 0) is 0 Å². The average Bonchev–Trinajstić information content (AvgIpc) is 2.45. The summed E-state index contributed by atoms with van der Waals surface area (Å²) in [7, 11) is 0.